The first kappa shape index (κ1) is 12.6. The van der Waals surface area contributed by atoms with E-state index in [9.17, 15) is 4.79 Å². The van der Waals surface area contributed by atoms with Crippen LogP contribution < -0.4 is 9.47 Å². The van der Waals surface area contributed by atoms with Crippen molar-refractivity contribution in [3.8, 4) is 17.6 Å². The molecule has 5 heteroatoms. The third-order valence-electron chi connectivity index (χ3n) is 2.07. The number of ether oxygens (including phenoxy) is 2. The predicted octanol–water partition coefficient (Wildman–Crippen LogP) is 1.70. The first-order chi connectivity index (χ1) is 8.12. The van der Waals surface area contributed by atoms with Crippen molar-refractivity contribution < 1.29 is 19.4 Å². The van der Waals surface area contributed by atoms with Gasteiger partial charge < -0.3 is 14.6 Å². The van der Waals surface area contributed by atoms with Crippen LogP contribution in [0, 0.1) is 11.3 Å². The second-order valence-corrected chi connectivity index (χ2v) is 3.09. The molecule has 0 atom stereocenters. The standard InChI is InChI=1S/C12H11NO4/c1-16-10-4-3-8(6-11(10)17-2)5-9(7-13)12(14)15/h3-6H,1-2H3,(H,14,15)/b9-5-. The van der Waals surface area contributed by atoms with Crippen LogP contribution in [0.25, 0.3) is 6.08 Å². The molecule has 0 amide bonds. The zero-order valence-corrected chi connectivity index (χ0v) is 9.43. The fourth-order valence-electron chi connectivity index (χ4n) is 1.25. The minimum atomic E-state index is -1.26. The molecule has 0 heterocycles. The molecule has 0 aromatic heterocycles. The van der Waals surface area contributed by atoms with E-state index in [-0.39, 0.29) is 5.57 Å². The molecule has 1 rings (SSSR count). The molecule has 0 spiro atoms. The van der Waals surface area contributed by atoms with Crippen LogP contribution >= 0.6 is 0 Å². The molecular formula is C12H11NO4. The number of carboxylic acids is 1. The molecule has 1 aromatic rings. The van der Waals surface area contributed by atoms with Crippen LogP contribution in [-0.4, -0.2) is 25.3 Å². The lowest BCUT2D eigenvalue weighted by atomic mass is 10.1. The van der Waals surface area contributed by atoms with E-state index in [0.717, 1.165) is 0 Å². The van der Waals surface area contributed by atoms with Gasteiger partial charge in [-0.25, -0.2) is 4.79 Å². The van der Waals surface area contributed by atoms with Crippen LogP contribution in [0.5, 0.6) is 11.5 Å². The lowest BCUT2D eigenvalue weighted by molar-refractivity contribution is -0.132. The van der Waals surface area contributed by atoms with Crippen LogP contribution in [0.1, 0.15) is 5.56 Å². The van der Waals surface area contributed by atoms with Crippen molar-refractivity contribution in [1.82, 2.24) is 0 Å². The van der Waals surface area contributed by atoms with Crippen molar-refractivity contribution in [2.75, 3.05) is 14.2 Å². The Morgan fingerprint density at radius 3 is 2.47 bits per heavy atom. The Morgan fingerprint density at radius 1 is 1.35 bits per heavy atom. The predicted molar refractivity (Wildman–Crippen MR) is 60.8 cm³/mol. The SMILES string of the molecule is COc1ccc(/C=C(/C#N)C(=O)O)cc1OC. The zero-order valence-electron chi connectivity index (χ0n) is 9.43. The maximum atomic E-state index is 10.7. The van der Waals surface area contributed by atoms with Gasteiger partial charge in [-0.1, -0.05) is 6.07 Å². The fourth-order valence-corrected chi connectivity index (χ4v) is 1.25. The van der Waals surface area contributed by atoms with Crippen molar-refractivity contribution in [1.29, 1.82) is 5.26 Å². The van der Waals surface area contributed by atoms with Crippen LogP contribution in [0.2, 0.25) is 0 Å². The van der Waals surface area contributed by atoms with Crippen LogP contribution in [0.15, 0.2) is 23.8 Å². The Balaban J connectivity index is 3.17. The van der Waals surface area contributed by atoms with E-state index in [1.807, 2.05) is 0 Å². The summed E-state index contributed by atoms with van der Waals surface area (Å²) >= 11 is 0. The Bertz CT molecular complexity index is 500. The Hall–Kier alpha value is -2.48. The lowest BCUT2D eigenvalue weighted by Gasteiger charge is -2.07. The summed E-state index contributed by atoms with van der Waals surface area (Å²) in [7, 11) is 2.99. The van der Waals surface area contributed by atoms with E-state index in [1.165, 1.54) is 20.3 Å². The van der Waals surface area contributed by atoms with Crippen molar-refractivity contribution in [3.63, 3.8) is 0 Å². The molecule has 88 valence electrons. The summed E-state index contributed by atoms with van der Waals surface area (Å²) in [5.74, 6) is -0.246. The second kappa shape index (κ2) is 5.56. The molecule has 0 bridgehead atoms. The van der Waals surface area contributed by atoms with Crippen molar-refractivity contribution in [2.45, 2.75) is 0 Å². The summed E-state index contributed by atoms with van der Waals surface area (Å²) in [6.07, 6.45) is 1.27. The van der Waals surface area contributed by atoms with Gasteiger partial charge in [0.05, 0.1) is 14.2 Å². The molecular weight excluding hydrogens is 222 g/mol. The molecule has 0 saturated carbocycles. The molecule has 0 aliphatic heterocycles. The largest absolute Gasteiger partial charge is 0.493 e. The third kappa shape index (κ3) is 2.98. The van der Waals surface area contributed by atoms with Crippen molar-refractivity contribution in [3.05, 3.63) is 29.3 Å². The highest BCUT2D eigenvalue weighted by Gasteiger charge is 2.08. The van der Waals surface area contributed by atoms with Gasteiger partial charge in [0, 0.05) is 0 Å². The summed E-state index contributed by atoms with van der Waals surface area (Å²) in [5, 5.41) is 17.3. The molecule has 0 aliphatic carbocycles. The summed E-state index contributed by atoms with van der Waals surface area (Å²) in [6, 6.07) is 6.48. The summed E-state index contributed by atoms with van der Waals surface area (Å²) in [4.78, 5) is 10.7. The quantitative estimate of drug-likeness (QED) is 0.632. The average Bonchev–Trinajstić information content (AvgIpc) is 2.35. The van der Waals surface area contributed by atoms with Gasteiger partial charge in [0.1, 0.15) is 11.6 Å². The highest BCUT2D eigenvalue weighted by atomic mass is 16.5. The third-order valence-corrected chi connectivity index (χ3v) is 2.07. The number of nitriles is 1. The number of carboxylic acid groups (broad SMARTS) is 1. The van der Waals surface area contributed by atoms with E-state index in [4.69, 9.17) is 19.8 Å². The van der Waals surface area contributed by atoms with E-state index >= 15 is 0 Å². The maximum Gasteiger partial charge on any atom is 0.346 e. The van der Waals surface area contributed by atoms with E-state index in [2.05, 4.69) is 0 Å². The van der Waals surface area contributed by atoms with Gasteiger partial charge in [-0.2, -0.15) is 5.26 Å². The van der Waals surface area contributed by atoms with Gasteiger partial charge in [-0.3, -0.25) is 0 Å². The Labute approximate surface area is 98.5 Å². The smallest absolute Gasteiger partial charge is 0.346 e. The number of methoxy groups -OCH3 is 2. The summed E-state index contributed by atoms with van der Waals surface area (Å²) < 4.78 is 10.1. The second-order valence-electron chi connectivity index (χ2n) is 3.09. The van der Waals surface area contributed by atoms with Crippen LogP contribution in [0.4, 0.5) is 0 Å². The first-order valence-electron chi connectivity index (χ1n) is 4.69. The normalized spacial score (nSPS) is 10.5. The maximum absolute atomic E-state index is 10.7. The van der Waals surface area contributed by atoms with E-state index in [1.54, 1.807) is 24.3 Å². The number of aliphatic carboxylic acids is 1. The molecule has 1 N–H and O–H groups in total. The zero-order chi connectivity index (χ0) is 12.8. The molecule has 0 fully saturated rings. The molecule has 17 heavy (non-hydrogen) atoms. The average molecular weight is 233 g/mol. The number of hydrogen-bond acceptors (Lipinski definition) is 4. The summed E-state index contributed by atoms with van der Waals surface area (Å²) in [5.41, 5.74) is 0.221. The first-order valence-corrected chi connectivity index (χ1v) is 4.69. The lowest BCUT2D eigenvalue weighted by Crippen LogP contribution is -1.97. The van der Waals surface area contributed by atoms with Crippen molar-refractivity contribution >= 4 is 12.0 Å². The molecule has 0 saturated heterocycles. The molecule has 1 aromatic carbocycles. The Morgan fingerprint density at radius 2 is 2.00 bits per heavy atom. The molecule has 5 nitrogen and oxygen atoms in total. The van der Waals surface area contributed by atoms with E-state index in [0.29, 0.717) is 17.1 Å². The highest BCUT2D eigenvalue weighted by Crippen LogP contribution is 2.28. The van der Waals surface area contributed by atoms with Crippen LogP contribution in [-0.2, 0) is 4.79 Å². The van der Waals surface area contributed by atoms with Gasteiger partial charge in [-0.15, -0.1) is 0 Å². The molecule has 0 radical (unpaired) electrons. The minimum Gasteiger partial charge on any atom is -0.493 e. The molecule has 0 unspecified atom stereocenters. The Kier molecular flexibility index (Phi) is 4.12. The fraction of sp³-hybridized carbons (Fsp3) is 0.167. The van der Waals surface area contributed by atoms with Gasteiger partial charge in [0.25, 0.3) is 0 Å². The number of carbonyl (C=O) groups is 1. The van der Waals surface area contributed by atoms with Gasteiger partial charge in [0.15, 0.2) is 11.5 Å². The van der Waals surface area contributed by atoms with E-state index < -0.39 is 5.97 Å². The number of hydrogen-bond donors (Lipinski definition) is 1. The van der Waals surface area contributed by atoms with Gasteiger partial charge in [0.2, 0.25) is 0 Å². The summed E-state index contributed by atoms with van der Waals surface area (Å²) in [6.45, 7) is 0. The number of benzene rings is 1. The minimum absolute atomic E-state index is 0.336. The van der Waals surface area contributed by atoms with Crippen molar-refractivity contribution in [2.24, 2.45) is 0 Å². The number of nitrogens with zero attached hydrogens (tertiary/aromatic N) is 1. The highest BCUT2D eigenvalue weighted by molar-refractivity contribution is 5.96. The van der Waals surface area contributed by atoms with Gasteiger partial charge >= 0.3 is 5.97 Å². The monoisotopic (exact) mass is 233 g/mol. The molecule has 0 aliphatic rings. The number of rotatable bonds is 4. The van der Waals surface area contributed by atoms with Crippen LogP contribution in [0.3, 0.4) is 0 Å². The topological polar surface area (TPSA) is 79.5 Å². The van der Waals surface area contributed by atoms with Gasteiger partial charge in [-0.05, 0) is 23.8 Å².